The minimum atomic E-state index is -0.144. The summed E-state index contributed by atoms with van der Waals surface area (Å²) in [5, 5.41) is 5.66. The fraction of sp³-hybridized carbons (Fsp3) is 0.929. The second-order valence-corrected chi connectivity index (χ2v) is 4.34. The molecule has 0 aromatic rings. The zero-order valence-corrected chi connectivity index (χ0v) is 13.7. The Bertz CT molecular complexity index is 243. The molecule has 8 nitrogen and oxygen atoms in total. The number of nitrogens with one attached hydrogen (secondary N) is 2. The lowest BCUT2D eigenvalue weighted by Crippen LogP contribution is -2.30. The highest BCUT2D eigenvalue weighted by atomic mass is 16.6. The first-order valence-electron chi connectivity index (χ1n) is 7.52. The van der Waals surface area contributed by atoms with Crippen LogP contribution in [0.15, 0.2) is 0 Å². The Kier molecular flexibility index (Phi) is 17.6. The first-order valence-corrected chi connectivity index (χ1v) is 7.52. The number of methoxy groups -OCH3 is 1. The fourth-order valence-electron chi connectivity index (χ4n) is 1.38. The number of likely N-dealkylation sites (N-methyl/N-ethyl adjacent to an activating group) is 1. The zero-order valence-electron chi connectivity index (χ0n) is 13.7. The van der Waals surface area contributed by atoms with Gasteiger partial charge in [0.25, 0.3) is 0 Å². The van der Waals surface area contributed by atoms with Crippen molar-refractivity contribution in [3.63, 3.8) is 0 Å². The molecule has 0 heterocycles. The average molecular weight is 322 g/mol. The first-order chi connectivity index (χ1) is 10.8. The van der Waals surface area contributed by atoms with Crippen LogP contribution in [-0.4, -0.2) is 92.6 Å². The van der Waals surface area contributed by atoms with Gasteiger partial charge in [0, 0.05) is 20.2 Å². The van der Waals surface area contributed by atoms with Gasteiger partial charge >= 0.3 is 0 Å². The van der Waals surface area contributed by atoms with Crippen molar-refractivity contribution in [2.75, 3.05) is 86.7 Å². The van der Waals surface area contributed by atoms with Gasteiger partial charge in [0.15, 0.2) is 0 Å². The normalized spacial score (nSPS) is 10.8. The van der Waals surface area contributed by atoms with E-state index in [1.54, 1.807) is 0 Å². The Hall–Kier alpha value is -0.770. The number of carbonyl (C=O) groups excluding carboxylic acids is 1. The van der Waals surface area contributed by atoms with Crippen LogP contribution in [0.2, 0.25) is 0 Å². The SMILES string of the molecule is CNCCOCCOCCOCCOCCNC(=O)COC. The fourth-order valence-corrected chi connectivity index (χ4v) is 1.38. The highest BCUT2D eigenvalue weighted by Gasteiger charge is 1.98. The Labute approximate surface area is 132 Å². The minimum absolute atomic E-state index is 0.0731. The average Bonchev–Trinajstić information content (AvgIpc) is 2.51. The predicted molar refractivity (Wildman–Crippen MR) is 82.1 cm³/mol. The van der Waals surface area contributed by atoms with Crippen molar-refractivity contribution >= 4 is 5.91 Å². The molecule has 2 N–H and O–H groups in total. The second-order valence-electron chi connectivity index (χ2n) is 4.34. The number of ether oxygens (including phenoxy) is 5. The Balaban J connectivity index is 3.01. The molecule has 0 spiro atoms. The molecule has 0 aliphatic heterocycles. The van der Waals surface area contributed by atoms with Gasteiger partial charge < -0.3 is 34.3 Å². The van der Waals surface area contributed by atoms with Gasteiger partial charge in [0.2, 0.25) is 5.91 Å². The molecule has 0 saturated carbocycles. The van der Waals surface area contributed by atoms with Crippen molar-refractivity contribution in [1.29, 1.82) is 0 Å². The topological polar surface area (TPSA) is 87.3 Å². The van der Waals surface area contributed by atoms with E-state index in [9.17, 15) is 4.79 Å². The molecule has 0 saturated heterocycles. The zero-order chi connectivity index (χ0) is 16.3. The lowest BCUT2D eigenvalue weighted by molar-refractivity contribution is -0.125. The van der Waals surface area contributed by atoms with Gasteiger partial charge in [-0.15, -0.1) is 0 Å². The molecule has 0 bridgehead atoms. The Morgan fingerprint density at radius 1 is 0.773 bits per heavy atom. The molecule has 8 heteroatoms. The van der Waals surface area contributed by atoms with Crippen LogP contribution in [0.25, 0.3) is 0 Å². The van der Waals surface area contributed by atoms with Crippen LogP contribution in [-0.2, 0) is 28.5 Å². The summed E-state index contributed by atoms with van der Waals surface area (Å²) in [6.07, 6.45) is 0. The predicted octanol–water partition coefficient (Wildman–Crippen LogP) is -0.965. The molecule has 0 radical (unpaired) electrons. The van der Waals surface area contributed by atoms with Crippen LogP contribution in [0.3, 0.4) is 0 Å². The highest BCUT2D eigenvalue weighted by molar-refractivity contribution is 5.77. The molecule has 0 rings (SSSR count). The molecule has 0 aromatic heterocycles. The highest BCUT2D eigenvalue weighted by Crippen LogP contribution is 1.82. The lowest BCUT2D eigenvalue weighted by atomic mass is 10.6. The van der Waals surface area contributed by atoms with Crippen molar-refractivity contribution in [2.45, 2.75) is 0 Å². The monoisotopic (exact) mass is 322 g/mol. The standard InChI is InChI=1S/C14H30N2O6/c1-15-3-5-19-7-9-21-11-12-22-10-8-20-6-4-16-14(17)13-18-2/h15H,3-13H2,1-2H3,(H,16,17). The van der Waals surface area contributed by atoms with E-state index in [2.05, 4.69) is 15.4 Å². The number of amides is 1. The van der Waals surface area contributed by atoms with E-state index >= 15 is 0 Å². The van der Waals surface area contributed by atoms with E-state index in [0.29, 0.717) is 59.4 Å². The lowest BCUT2D eigenvalue weighted by Gasteiger charge is -2.08. The minimum Gasteiger partial charge on any atom is -0.378 e. The van der Waals surface area contributed by atoms with Crippen LogP contribution in [0.5, 0.6) is 0 Å². The molecule has 0 aromatic carbocycles. The van der Waals surface area contributed by atoms with Crippen LogP contribution in [0.4, 0.5) is 0 Å². The Morgan fingerprint density at radius 3 is 1.68 bits per heavy atom. The van der Waals surface area contributed by atoms with Crippen molar-refractivity contribution in [3.05, 3.63) is 0 Å². The van der Waals surface area contributed by atoms with Crippen molar-refractivity contribution in [1.82, 2.24) is 10.6 Å². The molecule has 0 unspecified atom stereocenters. The van der Waals surface area contributed by atoms with Crippen molar-refractivity contribution < 1.29 is 28.5 Å². The van der Waals surface area contributed by atoms with Crippen LogP contribution in [0, 0.1) is 0 Å². The van der Waals surface area contributed by atoms with Gasteiger partial charge in [-0.25, -0.2) is 0 Å². The summed E-state index contributed by atoms with van der Waals surface area (Å²) in [4.78, 5) is 11.0. The largest absolute Gasteiger partial charge is 0.378 e. The molecule has 1 amide bonds. The Morgan fingerprint density at radius 2 is 1.23 bits per heavy atom. The molecular formula is C14H30N2O6. The second kappa shape index (κ2) is 18.3. The molecule has 132 valence electrons. The number of carbonyl (C=O) groups is 1. The van der Waals surface area contributed by atoms with E-state index in [4.69, 9.17) is 18.9 Å². The molecule has 0 fully saturated rings. The molecular weight excluding hydrogens is 292 g/mol. The summed E-state index contributed by atoms with van der Waals surface area (Å²) >= 11 is 0. The molecule has 0 aliphatic carbocycles. The van der Waals surface area contributed by atoms with E-state index < -0.39 is 0 Å². The van der Waals surface area contributed by atoms with Crippen LogP contribution in [0.1, 0.15) is 0 Å². The van der Waals surface area contributed by atoms with Crippen molar-refractivity contribution in [3.8, 4) is 0 Å². The summed E-state index contributed by atoms with van der Waals surface area (Å²) in [5.41, 5.74) is 0. The van der Waals surface area contributed by atoms with Gasteiger partial charge in [-0.1, -0.05) is 0 Å². The van der Waals surface area contributed by atoms with E-state index in [0.717, 1.165) is 6.54 Å². The first kappa shape index (κ1) is 21.2. The quantitative estimate of drug-likeness (QED) is 0.333. The maximum absolute atomic E-state index is 11.0. The van der Waals surface area contributed by atoms with Gasteiger partial charge in [0.1, 0.15) is 6.61 Å². The number of hydrogen-bond donors (Lipinski definition) is 2. The summed E-state index contributed by atoms with van der Waals surface area (Å²) in [6.45, 7) is 5.79. The summed E-state index contributed by atoms with van der Waals surface area (Å²) in [5.74, 6) is -0.144. The van der Waals surface area contributed by atoms with Gasteiger partial charge in [-0.2, -0.15) is 0 Å². The summed E-state index contributed by atoms with van der Waals surface area (Å²) in [7, 11) is 3.37. The third kappa shape index (κ3) is 17.3. The smallest absolute Gasteiger partial charge is 0.246 e. The summed E-state index contributed by atoms with van der Waals surface area (Å²) < 4.78 is 26.0. The van der Waals surface area contributed by atoms with Crippen LogP contribution >= 0.6 is 0 Å². The summed E-state index contributed by atoms with van der Waals surface area (Å²) in [6, 6.07) is 0. The van der Waals surface area contributed by atoms with Gasteiger partial charge in [-0.05, 0) is 7.05 Å². The number of rotatable bonds is 17. The van der Waals surface area contributed by atoms with E-state index in [1.165, 1.54) is 7.11 Å². The van der Waals surface area contributed by atoms with Gasteiger partial charge in [0.05, 0.1) is 52.9 Å². The van der Waals surface area contributed by atoms with Crippen molar-refractivity contribution in [2.24, 2.45) is 0 Å². The number of hydrogen-bond acceptors (Lipinski definition) is 7. The molecule has 0 aliphatic rings. The maximum atomic E-state index is 11.0. The van der Waals surface area contributed by atoms with E-state index in [1.807, 2.05) is 7.05 Å². The maximum Gasteiger partial charge on any atom is 0.246 e. The third-order valence-electron chi connectivity index (χ3n) is 2.46. The van der Waals surface area contributed by atoms with E-state index in [-0.39, 0.29) is 12.5 Å². The van der Waals surface area contributed by atoms with Gasteiger partial charge in [-0.3, -0.25) is 4.79 Å². The third-order valence-corrected chi connectivity index (χ3v) is 2.46. The molecule has 0 atom stereocenters. The van der Waals surface area contributed by atoms with Crippen LogP contribution < -0.4 is 10.6 Å². The molecule has 22 heavy (non-hydrogen) atoms.